The van der Waals surface area contributed by atoms with Crippen LogP contribution in [0.4, 0.5) is 5.69 Å². The highest BCUT2D eigenvalue weighted by molar-refractivity contribution is 6.45. The van der Waals surface area contributed by atoms with Gasteiger partial charge in [0.1, 0.15) is 0 Å². The molecule has 0 radical (unpaired) electrons. The van der Waals surface area contributed by atoms with Crippen LogP contribution in [0.5, 0.6) is 0 Å². The van der Waals surface area contributed by atoms with Crippen LogP contribution in [-0.2, 0) is 6.54 Å². The van der Waals surface area contributed by atoms with Crippen LogP contribution in [0, 0.1) is 0 Å². The zero-order chi connectivity index (χ0) is 14.7. The molecule has 0 bridgehead atoms. The topological polar surface area (TPSA) is 44.5 Å². The van der Waals surface area contributed by atoms with E-state index in [4.69, 9.17) is 0 Å². The van der Waals surface area contributed by atoms with Gasteiger partial charge in [-0.2, -0.15) is 5.10 Å². The summed E-state index contributed by atoms with van der Waals surface area (Å²) in [7, 11) is -0.354. The molecule has 0 amide bonds. The monoisotopic (exact) mass is 284 g/mol. The summed E-state index contributed by atoms with van der Waals surface area (Å²) in [6.45, 7) is 6.27. The molecule has 1 fully saturated rings. The van der Waals surface area contributed by atoms with Crippen molar-refractivity contribution >= 4 is 12.7 Å². The summed E-state index contributed by atoms with van der Waals surface area (Å²) in [4.78, 5) is 4.41. The van der Waals surface area contributed by atoms with Crippen molar-refractivity contribution in [1.82, 2.24) is 14.6 Å². The van der Waals surface area contributed by atoms with Gasteiger partial charge in [-0.3, -0.25) is 4.68 Å². The summed E-state index contributed by atoms with van der Waals surface area (Å²) in [6, 6.07) is 10.4. The fourth-order valence-electron chi connectivity index (χ4n) is 2.73. The lowest BCUT2D eigenvalue weighted by Crippen LogP contribution is -2.51. The highest BCUT2D eigenvalue weighted by Crippen LogP contribution is 2.16. The van der Waals surface area contributed by atoms with E-state index in [1.807, 2.05) is 23.8 Å². The molecule has 1 aromatic carbocycles. The third-order valence-electron chi connectivity index (χ3n) is 4.01. The first-order valence-electron chi connectivity index (χ1n) is 7.46. The molecule has 3 rings (SSSR count). The zero-order valence-electron chi connectivity index (χ0n) is 12.4. The van der Waals surface area contributed by atoms with Crippen LogP contribution in [0.3, 0.4) is 0 Å². The Hall–Kier alpha value is -1.79. The van der Waals surface area contributed by atoms with Gasteiger partial charge in [-0.05, 0) is 12.4 Å². The lowest BCUT2D eigenvalue weighted by molar-refractivity contribution is 0.344. The summed E-state index contributed by atoms with van der Waals surface area (Å²) in [5.74, 6) is 0. The molecule has 1 aliphatic heterocycles. The summed E-state index contributed by atoms with van der Waals surface area (Å²) in [6.07, 6.45) is 4.03. The molecular formula is C15H21BN4O. The largest absolute Gasteiger partial charge is 0.437 e. The Kier molecular flexibility index (Phi) is 4.27. The molecule has 2 aromatic rings. The normalized spacial score (nSPS) is 16.2. The number of piperazine rings is 1. The lowest BCUT2D eigenvalue weighted by Gasteiger charge is -2.35. The first-order valence-corrected chi connectivity index (χ1v) is 7.46. The van der Waals surface area contributed by atoms with Crippen LogP contribution in [0.2, 0.25) is 6.82 Å². The standard InChI is InChI=1S/C15H21BN4O/c1-16(21)19-9-7-18(8-10-19)15-11-17-20(13-15)12-14-5-3-2-4-6-14/h2-6,11,13,21H,7-10,12H2,1H3. The number of nitrogens with zero attached hydrogens (tertiary/aromatic N) is 4. The van der Waals surface area contributed by atoms with Gasteiger partial charge in [-0.25, -0.2) is 0 Å². The Bertz CT molecular complexity index is 564. The number of anilines is 1. The predicted molar refractivity (Wildman–Crippen MR) is 85.4 cm³/mol. The van der Waals surface area contributed by atoms with Gasteiger partial charge in [0.05, 0.1) is 18.4 Å². The van der Waals surface area contributed by atoms with E-state index >= 15 is 0 Å². The van der Waals surface area contributed by atoms with Gasteiger partial charge in [0, 0.05) is 32.4 Å². The number of aromatic nitrogens is 2. The van der Waals surface area contributed by atoms with Crippen LogP contribution >= 0.6 is 0 Å². The molecule has 6 heteroatoms. The fourth-order valence-corrected chi connectivity index (χ4v) is 2.73. The van der Waals surface area contributed by atoms with Crippen molar-refractivity contribution in [1.29, 1.82) is 0 Å². The van der Waals surface area contributed by atoms with Crippen LogP contribution in [0.1, 0.15) is 5.56 Å². The third-order valence-corrected chi connectivity index (χ3v) is 4.01. The van der Waals surface area contributed by atoms with Crippen LogP contribution in [0.25, 0.3) is 0 Å². The molecule has 1 aromatic heterocycles. The average Bonchev–Trinajstić information content (AvgIpc) is 2.97. The Labute approximate surface area is 125 Å². The average molecular weight is 284 g/mol. The molecule has 5 nitrogen and oxygen atoms in total. The minimum atomic E-state index is -0.354. The van der Waals surface area contributed by atoms with E-state index in [2.05, 4.69) is 45.3 Å². The van der Waals surface area contributed by atoms with Crippen LogP contribution in [0.15, 0.2) is 42.7 Å². The Morgan fingerprint density at radius 2 is 1.86 bits per heavy atom. The van der Waals surface area contributed by atoms with Gasteiger partial charge in [-0.1, -0.05) is 30.3 Å². The van der Waals surface area contributed by atoms with Crippen LogP contribution < -0.4 is 4.90 Å². The molecule has 110 valence electrons. The maximum Gasteiger partial charge on any atom is 0.376 e. The summed E-state index contributed by atoms with van der Waals surface area (Å²) < 4.78 is 1.98. The van der Waals surface area contributed by atoms with Crippen molar-refractivity contribution < 1.29 is 5.02 Å². The molecule has 0 atom stereocenters. The van der Waals surface area contributed by atoms with Gasteiger partial charge >= 0.3 is 7.05 Å². The maximum atomic E-state index is 9.59. The molecule has 0 unspecified atom stereocenters. The second-order valence-corrected chi connectivity index (χ2v) is 5.54. The summed E-state index contributed by atoms with van der Waals surface area (Å²) in [5, 5.41) is 14.0. The van der Waals surface area contributed by atoms with Gasteiger partial charge in [0.2, 0.25) is 0 Å². The van der Waals surface area contributed by atoms with E-state index in [1.54, 1.807) is 0 Å². The Morgan fingerprint density at radius 3 is 2.52 bits per heavy atom. The smallest absolute Gasteiger partial charge is 0.376 e. The van der Waals surface area contributed by atoms with Crippen molar-refractivity contribution in [2.45, 2.75) is 13.4 Å². The maximum absolute atomic E-state index is 9.59. The molecule has 0 spiro atoms. The van der Waals surface area contributed by atoms with Crippen molar-refractivity contribution in [3.05, 3.63) is 48.3 Å². The number of hydrogen-bond acceptors (Lipinski definition) is 4. The first-order chi connectivity index (χ1) is 10.2. The molecule has 2 heterocycles. The first kappa shape index (κ1) is 14.2. The van der Waals surface area contributed by atoms with E-state index in [0.29, 0.717) is 0 Å². The number of benzene rings is 1. The van der Waals surface area contributed by atoms with Gasteiger partial charge < -0.3 is 14.7 Å². The molecule has 0 saturated carbocycles. The van der Waals surface area contributed by atoms with E-state index in [1.165, 1.54) is 5.56 Å². The number of hydrogen-bond donors (Lipinski definition) is 1. The third kappa shape index (κ3) is 3.46. The summed E-state index contributed by atoms with van der Waals surface area (Å²) >= 11 is 0. The second-order valence-electron chi connectivity index (χ2n) is 5.54. The van der Waals surface area contributed by atoms with Crippen molar-refractivity contribution in [2.75, 3.05) is 31.1 Å². The Morgan fingerprint density at radius 1 is 1.14 bits per heavy atom. The molecule has 0 aliphatic carbocycles. The SMILES string of the molecule is CB(O)N1CCN(c2cnn(Cc3ccccc3)c2)CC1. The quantitative estimate of drug-likeness (QED) is 0.856. The fraction of sp³-hybridized carbons (Fsp3) is 0.400. The zero-order valence-corrected chi connectivity index (χ0v) is 12.4. The van der Waals surface area contributed by atoms with Crippen molar-refractivity contribution in [3.8, 4) is 0 Å². The van der Waals surface area contributed by atoms with E-state index in [-0.39, 0.29) is 7.05 Å². The van der Waals surface area contributed by atoms with E-state index in [9.17, 15) is 5.02 Å². The minimum absolute atomic E-state index is 0.354. The van der Waals surface area contributed by atoms with Crippen molar-refractivity contribution in [2.24, 2.45) is 0 Å². The molecule has 21 heavy (non-hydrogen) atoms. The molecular weight excluding hydrogens is 263 g/mol. The van der Waals surface area contributed by atoms with E-state index in [0.717, 1.165) is 38.4 Å². The summed E-state index contributed by atoms with van der Waals surface area (Å²) in [5.41, 5.74) is 2.42. The highest BCUT2D eigenvalue weighted by atomic mass is 16.2. The van der Waals surface area contributed by atoms with E-state index < -0.39 is 0 Å². The minimum Gasteiger partial charge on any atom is -0.437 e. The predicted octanol–water partition coefficient (Wildman–Crippen LogP) is 1.16. The van der Waals surface area contributed by atoms with Gasteiger partial charge in [0.25, 0.3) is 0 Å². The van der Waals surface area contributed by atoms with Crippen molar-refractivity contribution in [3.63, 3.8) is 0 Å². The second kappa shape index (κ2) is 6.32. The molecule has 1 saturated heterocycles. The van der Waals surface area contributed by atoms with Gasteiger partial charge in [0.15, 0.2) is 0 Å². The lowest BCUT2D eigenvalue weighted by atomic mass is 9.84. The van der Waals surface area contributed by atoms with Crippen LogP contribution in [-0.4, -0.2) is 52.8 Å². The Balaban J connectivity index is 1.61. The molecule has 1 N–H and O–H groups in total. The van der Waals surface area contributed by atoms with Gasteiger partial charge in [-0.15, -0.1) is 0 Å². The highest BCUT2D eigenvalue weighted by Gasteiger charge is 2.23. The molecule has 1 aliphatic rings. The number of rotatable bonds is 4.